The van der Waals surface area contributed by atoms with Gasteiger partial charge in [-0.25, -0.2) is 9.97 Å². The van der Waals surface area contributed by atoms with Crippen molar-refractivity contribution in [3.63, 3.8) is 0 Å². The molecule has 2 unspecified atom stereocenters. The molecule has 4 heteroatoms. The first kappa shape index (κ1) is 11.4. The van der Waals surface area contributed by atoms with Crippen LogP contribution in [0, 0.1) is 12.8 Å². The number of fused-ring (bicyclic) bond motifs is 3. The van der Waals surface area contributed by atoms with Gasteiger partial charge >= 0.3 is 0 Å². The third-order valence-electron chi connectivity index (χ3n) is 4.58. The summed E-state index contributed by atoms with van der Waals surface area (Å²) in [5.74, 6) is 1.89. The second-order valence-electron chi connectivity index (χ2n) is 6.25. The van der Waals surface area contributed by atoms with Crippen molar-refractivity contribution in [1.29, 1.82) is 0 Å². The molecule has 2 saturated heterocycles. The zero-order chi connectivity index (χ0) is 12.8. The average Bonchev–Trinajstić information content (AvgIpc) is 2.92. The molecule has 0 aromatic carbocycles. The van der Waals surface area contributed by atoms with Crippen molar-refractivity contribution in [3.8, 4) is 0 Å². The van der Waals surface area contributed by atoms with E-state index in [1.54, 1.807) is 0 Å². The Hall–Kier alpha value is -1.42. The fraction of sp³-hybridized carbons (Fsp3) is 0.600. The van der Waals surface area contributed by atoms with Crippen LogP contribution in [0.15, 0.2) is 12.3 Å². The topological polar surface area (TPSA) is 53.6 Å². The van der Waals surface area contributed by atoms with E-state index in [-0.39, 0.29) is 0 Å². The van der Waals surface area contributed by atoms with Crippen LogP contribution in [0.25, 0.3) is 11.2 Å². The van der Waals surface area contributed by atoms with E-state index >= 15 is 0 Å². The Kier molecular flexibility index (Phi) is 2.58. The van der Waals surface area contributed by atoms with Crippen LogP contribution in [-0.2, 0) is 6.42 Å². The average molecular weight is 256 g/mol. The van der Waals surface area contributed by atoms with Crippen molar-refractivity contribution in [1.82, 2.24) is 20.3 Å². The van der Waals surface area contributed by atoms with Gasteiger partial charge in [-0.3, -0.25) is 0 Å². The smallest absolute Gasteiger partial charge is 0.177 e. The van der Waals surface area contributed by atoms with E-state index in [4.69, 9.17) is 0 Å². The summed E-state index contributed by atoms with van der Waals surface area (Å²) in [5.41, 5.74) is 3.12. The van der Waals surface area contributed by atoms with Crippen molar-refractivity contribution in [2.24, 2.45) is 5.92 Å². The number of H-pyrrole nitrogens is 1. The number of nitrogens with zero attached hydrogens (tertiary/aromatic N) is 2. The Morgan fingerprint density at radius 3 is 2.84 bits per heavy atom. The lowest BCUT2D eigenvalue weighted by Gasteiger charge is -2.28. The van der Waals surface area contributed by atoms with E-state index in [2.05, 4.69) is 33.3 Å². The van der Waals surface area contributed by atoms with Gasteiger partial charge in [0.25, 0.3) is 0 Å². The van der Waals surface area contributed by atoms with Gasteiger partial charge in [-0.15, -0.1) is 0 Å². The molecule has 2 aromatic heterocycles. The number of aryl methyl sites for hydroxylation is 1. The second kappa shape index (κ2) is 4.30. The highest BCUT2D eigenvalue weighted by molar-refractivity contribution is 5.70. The molecule has 2 atom stereocenters. The normalized spacial score (nSPS) is 30.1. The van der Waals surface area contributed by atoms with Gasteiger partial charge in [0.1, 0.15) is 5.82 Å². The number of rotatable bonds is 2. The summed E-state index contributed by atoms with van der Waals surface area (Å²) >= 11 is 0. The molecule has 2 aliphatic heterocycles. The molecule has 2 fully saturated rings. The fourth-order valence-electron chi connectivity index (χ4n) is 3.77. The van der Waals surface area contributed by atoms with Crippen molar-refractivity contribution in [2.75, 3.05) is 0 Å². The van der Waals surface area contributed by atoms with Gasteiger partial charge in [-0.2, -0.15) is 0 Å². The Morgan fingerprint density at radius 1 is 1.26 bits per heavy atom. The Morgan fingerprint density at radius 2 is 2.05 bits per heavy atom. The maximum atomic E-state index is 4.63. The van der Waals surface area contributed by atoms with Gasteiger partial charge < -0.3 is 10.3 Å². The zero-order valence-electron chi connectivity index (χ0n) is 11.3. The van der Waals surface area contributed by atoms with Crippen LogP contribution in [0.4, 0.5) is 0 Å². The van der Waals surface area contributed by atoms with Gasteiger partial charge in [0.05, 0.1) is 5.52 Å². The summed E-state index contributed by atoms with van der Waals surface area (Å²) in [6.45, 7) is 2.07. The first-order valence-corrected chi connectivity index (χ1v) is 7.33. The Bertz CT molecular complexity index is 591. The molecule has 2 N–H and O–H groups in total. The van der Waals surface area contributed by atoms with Crippen molar-refractivity contribution < 1.29 is 0 Å². The summed E-state index contributed by atoms with van der Waals surface area (Å²) < 4.78 is 0. The summed E-state index contributed by atoms with van der Waals surface area (Å²) in [6.07, 6.45) is 8.30. The van der Waals surface area contributed by atoms with Crippen LogP contribution < -0.4 is 5.32 Å². The molecule has 2 bridgehead atoms. The summed E-state index contributed by atoms with van der Waals surface area (Å²) in [6, 6.07) is 3.65. The lowest BCUT2D eigenvalue weighted by Crippen LogP contribution is -2.38. The minimum absolute atomic E-state index is 0.758. The molecule has 2 aliphatic rings. The van der Waals surface area contributed by atoms with Gasteiger partial charge in [0.2, 0.25) is 0 Å². The number of hydrogen-bond donors (Lipinski definition) is 2. The lowest BCUT2D eigenvalue weighted by atomic mass is 9.89. The molecule has 4 heterocycles. The summed E-state index contributed by atoms with van der Waals surface area (Å²) in [5, 5.41) is 3.70. The van der Waals surface area contributed by atoms with Crippen LogP contribution in [0.1, 0.15) is 37.1 Å². The molecular formula is C15H20N4. The fourth-order valence-corrected chi connectivity index (χ4v) is 3.77. The molecule has 0 aliphatic carbocycles. The van der Waals surface area contributed by atoms with Crippen molar-refractivity contribution in [3.05, 3.63) is 23.7 Å². The maximum absolute atomic E-state index is 4.63. The number of nitrogens with one attached hydrogen (secondary N) is 2. The number of imidazole rings is 1. The molecule has 0 amide bonds. The molecule has 100 valence electrons. The van der Waals surface area contributed by atoms with Gasteiger partial charge in [-0.1, -0.05) is 0 Å². The van der Waals surface area contributed by atoms with Gasteiger partial charge in [0, 0.05) is 24.7 Å². The van der Waals surface area contributed by atoms with E-state index in [9.17, 15) is 0 Å². The Labute approximate surface area is 113 Å². The van der Waals surface area contributed by atoms with Gasteiger partial charge in [-0.05, 0) is 50.2 Å². The van der Waals surface area contributed by atoms with Crippen LogP contribution in [-0.4, -0.2) is 27.0 Å². The molecule has 2 aromatic rings. The largest absolute Gasteiger partial charge is 0.341 e. The molecule has 0 spiro atoms. The number of hydrogen-bond acceptors (Lipinski definition) is 3. The minimum Gasteiger partial charge on any atom is -0.341 e. The third kappa shape index (κ3) is 2.14. The van der Waals surface area contributed by atoms with E-state index in [1.807, 2.05) is 6.20 Å². The SMILES string of the molecule is Cc1cnc2nc(CC3CC4CCC(C3)N4)[nH]c2c1. The molecule has 0 saturated carbocycles. The van der Waals surface area contributed by atoms with E-state index in [0.717, 1.165) is 41.4 Å². The zero-order valence-corrected chi connectivity index (χ0v) is 11.3. The number of aromatic amines is 1. The minimum atomic E-state index is 0.758. The van der Waals surface area contributed by atoms with Crippen molar-refractivity contribution >= 4 is 11.2 Å². The van der Waals surface area contributed by atoms with Crippen LogP contribution >= 0.6 is 0 Å². The number of aromatic nitrogens is 3. The second-order valence-corrected chi connectivity index (χ2v) is 6.25. The van der Waals surface area contributed by atoms with Crippen molar-refractivity contribution in [2.45, 2.75) is 51.1 Å². The first-order chi connectivity index (χ1) is 9.26. The van der Waals surface area contributed by atoms with E-state index in [1.165, 1.54) is 31.2 Å². The van der Waals surface area contributed by atoms with E-state index in [0.29, 0.717) is 0 Å². The first-order valence-electron chi connectivity index (χ1n) is 7.33. The summed E-state index contributed by atoms with van der Waals surface area (Å²) in [7, 11) is 0. The number of pyridine rings is 1. The summed E-state index contributed by atoms with van der Waals surface area (Å²) in [4.78, 5) is 12.5. The van der Waals surface area contributed by atoms with E-state index < -0.39 is 0 Å². The highest BCUT2D eigenvalue weighted by atomic mass is 15.0. The molecule has 4 nitrogen and oxygen atoms in total. The number of piperidine rings is 1. The molecule has 0 radical (unpaired) electrons. The molecular weight excluding hydrogens is 236 g/mol. The van der Waals surface area contributed by atoms with Crippen LogP contribution in [0.3, 0.4) is 0 Å². The highest BCUT2D eigenvalue weighted by Crippen LogP contribution is 2.32. The quantitative estimate of drug-likeness (QED) is 0.867. The molecule has 4 rings (SSSR count). The van der Waals surface area contributed by atoms with Gasteiger partial charge in [0.15, 0.2) is 5.65 Å². The monoisotopic (exact) mass is 256 g/mol. The van der Waals surface area contributed by atoms with Crippen LogP contribution in [0.2, 0.25) is 0 Å². The molecule has 19 heavy (non-hydrogen) atoms. The predicted molar refractivity (Wildman–Crippen MR) is 75.0 cm³/mol. The highest BCUT2D eigenvalue weighted by Gasteiger charge is 2.33. The lowest BCUT2D eigenvalue weighted by molar-refractivity contribution is 0.295. The standard InChI is InChI=1S/C15H20N4/c1-9-4-13-15(16-8-9)19-14(18-13)7-10-5-11-2-3-12(6-10)17-11/h4,8,10-12,17H,2-3,5-7H2,1H3,(H,16,18,19). The van der Waals surface area contributed by atoms with Crippen LogP contribution in [0.5, 0.6) is 0 Å². The maximum Gasteiger partial charge on any atom is 0.177 e. The third-order valence-corrected chi connectivity index (χ3v) is 4.58. The Balaban J connectivity index is 1.54. The predicted octanol–water partition coefficient (Wildman–Crippen LogP) is 2.34.